The minimum absolute atomic E-state index is 0.0673. The summed E-state index contributed by atoms with van der Waals surface area (Å²) in [6, 6.07) is 13.4. The van der Waals surface area contributed by atoms with Crippen molar-refractivity contribution in [2.24, 2.45) is 0 Å². The van der Waals surface area contributed by atoms with Gasteiger partial charge in [0.25, 0.3) is 0 Å². The molecule has 0 saturated carbocycles. The molecule has 5 nitrogen and oxygen atoms in total. The molecule has 0 aliphatic carbocycles. The van der Waals surface area contributed by atoms with Crippen LogP contribution < -0.4 is 5.32 Å². The van der Waals surface area contributed by atoms with Crippen molar-refractivity contribution in [3.05, 3.63) is 48.7 Å². The second-order valence-corrected chi connectivity index (χ2v) is 4.42. The molecular weight excluding hydrogens is 268 g/mol. The van der Waals surface area contributed by atoms with E-state index < -0.39 is 5.97 Å². The zero-order valence-electron chi connectivity index (χ0n) is 11.7. The van der Waals surface area contributed by atoms with E-state index >= 15 is 0 Å². The lowest BCUT2D eigenvalue weighted by molar-refractivity contribution is -0.141. The number of pyridine rings is 1. The first kappa shape index (κ1) is 14.7. The maximum Gasteiger partial charge on any atom is 0.306 e. The number of esters is 1. The molecule has 108 valence electrons. The first-order chi connectivity index (χ1) is 10.2. The highest BCUT2D eigenvalue weighted by Gasteiger charge is 2.07. The molecule has 1 aromatic heterocycles. The van der Waals surface area contributed by atoms with Gasteiger partial charge in [-0.25, -0.2) is 0 Å². The maximum absolute atomic E-state index is 11.6. The molecule has 0 aliphatic rings. The average Bonchev–Trinajstić information content (AvgIpc) is 2.54. The van der Waals surface area contributed by atoms with Crippen molar-refractivity contribution in [2.45, 2.75) is 12.8 Å². The van der Waals surface area contributed by atoms with Crippen LogP contribution in [0.25, 0.3) is 11.3 Å². The summed E-state index contributed by atoms with van der Waals surface area (Å²) in [7, 11) is 1.30. The predicted octanol–water partition coefficient (Wildman–Crippen LogP) is 2.64. The van der Waals surface area contributed by atoms with Crippen LogP contribution in [0.5, 0.6) is 0 Å². The summed E-state index contributed by atoms with van der Waals surface area (Å²) < 4.78 is 4.48. The number of methoxy groups -OCH3 is 1. The molecule has 1 aromatic carbocycles. The Balaban J connectivity index is 1.94. The molecule has 1 amide bonds. The maximum atomic E-state index is 11.6. The fraction of sp³-hybridized carbons (Fsp3) is 0.188. The number of nitrogens with zero attached hydrogens (tertiary/aromatic N) is 1. The molecule has 2 aromatic rings. The van der Waals surface area contributed by atoms with Gasteiger partial charge in [-0.2, -0.15) is 0 Å². The van der Waals surface area contributed by atoms with E-state index in [2.05, 4.69) is 15.0 Å². The molecule has 5 heteroatoms. The lowest BCUT2D eigenvalue weighted by Gasteiger charge is -2.06. The number of anilines is 1. The molecule has 0 bridgehead atoms. The van der Waals surface area contributed by atoms with Crippen LogP contribution in [0, 0.1) is 0 Å². The van der Waals surface area contributed by atoms with Gasteiger partial charge in [0.15, 0.2) is 0 Å². The summed E-state index contributed by atoms with van der Waals surface area (Å²) in [4.78, 5) is 26.9. The van der Waals surface area contributed by atoms with Crippen molar-refractivity contribution in [3.8, 4) is 11.3 Å². The van der Waals surface area contributed by atoms with Crippen LogP contribution in [0.4, 0.5) is 5.69 Å². The van der Waals surface area contributed by atoms with Gasteiger partial charge in [-0.15, -0.1) is 0 Å². The van der Waals surface area contributed by atoms with Crippen LogP contribution in [-0.4, -0.2) is 24.0 Å². The Morgan fingerprint density at radius 1 is 1.10 bits per heavy atom. The van der Waals surface area contributed by atoms with E-state index in [-0.39, 0.29) is 18.7 Å². The number of carbonyl (C=O) groups is 2. The van der Waals surface area contributed by atoms with Gasteiger partial charge < -0.3 is 10.1 Å². The van der Waals surface area contributed by atoms with Crippen molar-refractivity contribution in [3.63, 3.8) is 0 Å². The van der Waals surface area contributed by atoms with Crippen LogP contribution in [0.15, 0.2) is 48.7 Å². The van der Waals surface area contributed by atoms with E-state index in [1.54, 1.807) is 12.3 Å². The summed E-state index contributed by atoms with van der Waals surface area (Å²) >= 11 is 0. The number of aromatic nitrogens is 1. The molecule has 0 fully saturated rings. The molecule has 0 spiro atoms. The number of rotatable bonds is 5. The Morgan fingerprint density at radius 2 is 1.86 bits per heavy atom. The highest BCUT2D eigenvalue weighted by molar-refractivity contribution is 5.92. The molecule has 0 radical (unpaired) electrons. The lowest BCUT2D eigenvalue weighted by atomic mass is 10.1. The highest BCUT2D eigenvalue weighted by atomic mass is 16.5. The SMILES string of the molecule is COC(=O)CCC(=O)Nc1ccc(-c2ccccc2)nc1. The minimum atomic E-state index is -0.400. The van der Waals surface area contributed by atoms with Crippen molar-refractivity contribution in [1.29, 1.82) is 0 Å². The number of nitrogens with one attached hydrogen (secondary N) is 1. The van der Waals surface area contributed by atoms with Crippen LogP contribution in [0.1, 0.15) is 12.8 Å². The largest absolute Gasteiger partial charge is 0.469 e. The summed E-state index contributed by atoms with van der Waals surface area (Å²) in [5.74, 6) is -0.641. The quantitative estimate of drug-likeness (QED) is 0.857. The molecule has 1 N–H and O–H groups in total. The van der Waals surface area contributed by atoms with Gasteiger partial charge in [-0.3, -0.25) is 14.6 Å². The number of ether oxygens (including phenoxy) is 1. The van der Waals surface area contributed by atoms with Crippen molar-refractivity contribution >= 4 is 17.6 Å². The Bertz CT molecular complexity index is 609. The number of benzene rings is 1. The van der Waals surface area contributed by atoms with Crippen LogP contribution in [0.2, 0.25) is 0 Å². The van der Waals surface area contributed by atoms with Gasteiger partial charge in [0.2, 0.25) is 5.91 Å². The summed E-state index contributed by atoms with van der Waals surface area (Å²) in [6.45, 7) is 0. The zero-order valence-corrected chi connectivity index (χ0v) is 11.7. The summed E-state index contributed by atoms with van der Waals surface area (Å²) in [5.41, 5.74) is 2.45. The van der Waals surface area contributed by atoms with Crippen molar-refractivity contribution in [1.82, 2.24) is 4.98 Å². The number of carbonyl (C=O) groups excluding carboxylic acids is 2. The third-order valence-electron chi connectivity index (χ3n) is 2.90. The number of hydrogen-bond acceptors (Lipinski definition) is 4. The van der Waals surface area contributed by atoms with E-state index in [9.17, 15) is 9.59 Å². The van der Waals surface area contributed by atoms with Crippen LogP contribution in [-0.2, 0) is 14.3 Å². The second kappa shape index (κ2) is 7.19. The van der Waals surface area contributed by atoms with Gasteiger partial charge in [0.1, 0.15) is 0 Å². The van der Waals surface area contributed by atoms with Gasteiger partial charge in [0, 0.05) is 12.0 Å². The zero-order chi connectivity index (χ0) is 15.1. The van der Waals surface area contributed by atoms with E-state index in [0.29, 0.717) is 5.69 Å². The van der Waals surface area contributed by atoms with Gasteiger partial charge in [-0.1, -0.05) is 30.3 Å². The number of hydrogen-bond donors (Lipinski definition) is 1. The van der Waals surface area contributed by atoms with Gasteiger partial charge >= 0.3 is 5.97 Å². The Labute approximate surface area is 123 Å². The fourth-order valence-corrected chi connectivity index (χ4v) is 1.79. The number of amides is 1. The predicted molar refractivity (Wildman–Crippen MR) is 79.6 cm³/mol. The monoisotopic (exact) mass is 284 g/mol. The molecule has 21 heavy (non-hydrogen) atoms. The van der Waals surface area contributed by atoms with Crippen molar-refractivity contribution in [2.75, 3.05) is 12.4 Å². The topological polar surface area (TPSA) is 68.3 Å². The normalized spacial score (nSPS) is 9.95. The second-order valence-electron chi connectivity index (χ2n) is 4.42. The molecule has 0 saturated heterocycles. The van der Waals surface area contributed by atoms with E-state index in [0.717, 1.165) is 11.3 Å². The van der Waals surface area contributed by atoms with E-state index in [1.165, 1.54) is 7.11 Å². The van der Waals surface area contributed by atoms with Crippen LogP contribution >= 0.6 is 0 Å². The fourth-order valence-electron chi connectivity index (χ4n) is 1.79. The van der Waals surface area contributed by atoms with Crippen molar-refractivity contribution < 1.29 is 14.3 Å². The van der Waals surface area contributed by atoms with Gasteiger partial charge in [0.05, 0.1) is 31.1 Å². The highest BCUT2D eigenvalue weighted by Crippen LogP contribution is 2.17. The lowest BCUT2D eigenvalue weighted by Crippen LogP contribution is -2.14. The standard InChI is InChI=1S/C16H16N2O3/c1-21-16(20)10-9-15(19)18-13-7-8-14(17-11-13)12-5-3-2-4-6-12/h2-8,11H,9-10H2,1H3,(H,18,19). The molecule has 1 heterocycles. The third-order valence-corrected chi connectivity index (χ3v) is 2.90. The van der Waals surface area contributed by atoms with Gasteiger partial charge in [-0.05, 0) is 12.1 Å². The Kier molecular flexibility index (Phi) is 5.04. The first-order valence-corrected chi connectivity index (χ1v) is 6.57. The molecule has 2 rings (SSSR count). The molecule has 0 atom stereocenters. The molecular formula is C16H16N2O3. The smallest absolute Gasteiger partial charge is 0.306 e. The van der Waals surface area contributed by atoms with E-state index in [4.69, 9.17) is 0 Å². The first-order valence-electron chi connectivity index (χ1n) is 6.57. The summed E-state index contributed by atoms with van der Waals surface area (Å²) in [6.07, 6.45) is 1.75. The minimum Gasteiger partial charge on any atom is -0.469 e. The van der Waals surface area contributed by atoms with E-state index in [1.807, 2.05) is 36.4 Å². The molecule has 0 unspecified atom stereocenters. The molecule has 0 aliphatic heterocycles. The summed E-state index contributed by atoms with van der Waals surface area (Å²) in [5, 5.41) is 2.69. The third kappa shape index (κ3) is 4.42. The Hall–Kier alpha value is -2.69. The average molecular weight is 284 g/mol. The van der Waals surface area contributed by atoms with Crippen LogP contribution in [0.3, 0.4) is 0 Å². The Morgan fingerprint density at radius 3 is 2.48 bits per heavy atom.